The highest BCUT2D eigenvalue weighted by Gasteiger charge is 2.15. The zero-order valence-electron chi connectivity index (χ0n) is 11.6. The third kappa shape index (κ3) is 4.76. The van der Waals surface area contributed by atoms with Crippen LogP contribution < -0.4 is 10.6 Å². The topological polar surface area (TPSA) is 38.5 Å². The highest BCUT2D eigenvalue weighted by Crippen LogP contribution is 2.22. The van der Waals surface area contributed by atoms with Crippen molar-refractivity contribution >= 4 is 22.9 Å². The molecule has 0 saturated heterocycles. The number of methoxy groups -OCH3 is 1. The van der Waals surface area contributed by atoms with Gasteiger partial charge in [-0.05, 0) is 24.1 Å². The van der Waals surface area contributed by atoms with Gasteiger partial charge in [0, 0.05) is 31.5 Å². The smallest absolute Gasteiger partial charge is 0.124 e. The molecule has 0 atom stereocenters. The van der Waals surface area contributed by atoms with Crippen molar-refractivity contribution in [1.29, 1.82) is 0 Å². The van der Waals surface area contributed by atoms with Crippen molar-refractivity contribution in [3.8, 4) is 0 Å². The number of hydrogen-bond donors (Lipinski definition) is 1. The minimum atomic E-state index is -0.331. The van der Waals surface area contributed by atoms with Crippen LogP contribution in [0.15, 0.2) is 18.2 Å². The lowest BCUT2D eigenvalue weighted by Crippen LogP contribution is -2.32. The molecule has 0 radical (unpaired) electrons. The molecule has 5 heteroatoms. The molecule has 0 aromatic heterocycles. The SMILES string of the molecule is COCCN(CC(C)C)c1ccc(F)cc1C(N)=S. The van der Waals surface area contributed by atoms with Crippen molar-refractivity contribution in [2.24, 2.45) is 11.7 Å². The molecular formula is C14H21FN2OS. The Morgan fingerprint density at radius 3 is 2.68 bits per heavy atom. The van der Waals surface area contributed by atoms with Crippen LogP contribution in [0, 0.1) is 11.7 Å². The van der Waals surface area contributed by atoms with E-state index in [4.69, 9.17) is 22.7 Å². The first-order chi connectivity index (χ1) is 8.95. The van der Waals surface area contributed by atoms with Gasteiger partial charge >= 0.3 is 0 Å². The van der Waals surface area contributed by atoms with E-state index in [1.54, 1.807) is 13.2 Å². The third-order valence-corrected chi connectivity index (χ3v) is 2.94. The summed E-state index contributed by atoms with van der Waals surface area (Å²) in [4.78, 5) is 2.34. The van der Waals surface area contributed by atoms with Gasteiger partial charge in [0.1, 0.15) is 10.8 Å². The molecule has 0 amide bonds. The van der Waals surface area contributed by atoms with Crippen molar-refractivity contribution in [2.75, 3.05) is 31.7 Å². The van der Waals surface area contributed by atoms with Gasteiger partial charge in [-0.1, -0.05) is 26.1 Å². The van der Waals surface area contributed by atoms with Gasteiger partial charge in [0.2, 0.25) is 0 Å². The Balaban J connectivity index is 3.09. The van der Waals surface area contributed by atoms with E-state index in [9.17, 15) is 4.39 Å². The largest absolute Gasteiger partial charge is 0.389 e. The molecule has 19 heavy (non-hydrogen) atoms. The number of ether oxygens (including phenoxy) is 1. The molecule has 0 saturated carbocycles. The minimum Gasteiger partial charge on any atom is -0.389 e. The van der Waals surface area contributed by atoms with Crippen LogP contribution in [0.3, 0.4) is 0 Å². The van der Waals surface area contributed by atoms with Crippen molar-refractivity contribution in [3.63, 3.8) is 0 Å². The molecule has 0 spiro atoms. The number of rotatable bonds is 7. The maximum absolute atomic E-state index is 13.3. The lowest BCUT2D eigenvalue weighted by atomic mass is 10.1. The van der Waals surface area contributed by atoms with E-state index in [0.29, 0.717) is 18.1 Å². The van der Waals surface area contributed by atoms with Gasteiger partial charge in [0.05, 0.1) is 6.61 Å². The number of nitrogens with two attached hydrogens (primary N) is 1. The van der Waals surface area contributed by atoms with Gasteiger partial charge in [0.15, 0.2) is 0 Å². The van der Waals surface area contributed by atoms with E-state index < -0.39 is 0 Å². The van der Waals surface area contributed by atoms with Gasteiger partial charge < -0.3 is 15.4 Å². The van der Waals surface area contributed by atoms with E-state index in [-0.39, 0.29) is 10.8 Å². The number of nitrogens with zero attached hydrogens (tertiary/aromatic N) is 1. The van der Waals surface area contributed by atoms with Crippen LogP contribution in [0.5, 0.6) is 0 Å². The summed E-state index contributed by atoms with van der Waals surface area (Å²) >= 11 is 5.01. The summed E-state index contributed by atoms with van der Waals surface area (Å²) in [6.07, 6.45) is 0. The Morgan fingerprint density at radius 1 is 1.47 bits per heavy atom. The van der Waals surface area contributed by atoms with E-state index in [1.807, 2.05) is 0 Å². The number of halogens is 1. The maximum Gasteiger partial charge on any atom is 0.124 e. The second-order valence-corrected chi connectivity index (χ2v) is 5.30. The summed E-state index contributed by atoms with van der Waals surface area (Å²) in [5, 5.41) is 0. The lowest BCUT2D eigenvalue weighted by Gasteiger charge is -2.28. The molecule has 0 heterocycles. The van der Waals surface area contributed by atoms with Crippen LogP contribution in [0.1, 0.15) is 19.4 Å². The van der Waals surface area contributed by atoms with Gasteiger partial charge in [-0.2, -0.15) is 0 Å². The van der Waals surface area contributed by atoms with E-state index in [1.165, 1.54) is 12.1 Å². The second-order valence-electron chi connectivity index (χ2n) is 4.86. The average Bonchev–Trinajstić information content (AvgIpc) is 2.34. The Morgan fingerprint density at radius 2 is 2.16 bits per heavy atom. The summed E-state index contributed by atoms with van der Waals surface area (Å²) in [5.41, 5.74) is 7.12. The lowest BCUT2D eigenvalue weighted by molar-refractivity contribution is 0.204. The highest BCUT2D eigenvalue weighted by molar-refractivity contribution is 7.80. The minimum absolute atomic E-state index is 0.209. The van der Waals surface area contributed by atoms with Crippen molar-refractivity contribution in [2.45, 2.75) is 13.8 Å². The zero-order valence-corrected chi connectivity index (χ0v) is 12.5. The molecule has 0 fully saturated rings. The average molecular weight is 284 g/mol. The monoisotopic (exact) mass is 284 g/mol. The Labute approximate surface area is 119 Å². The predicted molar refractivity (Wildman–Crippen MR) is 81.2 cm³/mol. The Kier molecular flexibility index (Phi) is 6.18. The Hall–Kier alpha value is -1.20. The van der Waals surface area contributed by atoms with Crippen molar-refractivity contribution < 1.29 is 9.13 Å². The third-order valence-electron chi connectivity index (χ3n) is 2.72. The van der Waals surface area contributed by atoms with Gasteiger partial charge in [-0.15, -0.1) is 0 Å². The summed E-state index contributed by atoms with van der Waals surface area (Å²) in [5.74, 6) is 0.142. The van der Waals surface area contributed by atoms with Crippen molar-refractivity contribution in [1.82, 2.24) is 0 Å². The first-order valence-electron chi connectivity index (χ1n) is 6.29. The molecule has 0 aliphatic carbocycles. The van der Waals surface area contributed by atoms with Gasteiger partial charge in [-0.3, -0.25) is 0 Å². The van der Waals surface area contributed by atoms with Gasteiger partial charge in [0.25, 0.3) is 0 Å². The molecule has 0 aliphatic heterocycles. The summed E-state index contributed by atoms with van der Waals surface area (Å²) in [6, 6.07) is 4.54. The zero-order chi connectivity index (χ0) is 14.4. The highest BCUT2D eigenvalue weighted by atomic mass is 32.1. The van der Waals surface area contributed by atoms with E-state index in [0.717, 1.165) is 18.8 Å². The van der Waals surface area contributed by atoms with Crippen LogP contribution >= 0.6 is 12.2 Å². The van der Waals surface area contributed by atoms with E-state index in [2.05, 4.69) is 18.7 Å². The Bertz CT molecular complexity index is 437. The summed E-state index contributed by atoms with van der Waals surface area (Å²) in [7, 11) is 1.66. The molecule has 0 bridgehead atoms. The summed E-state index contributed by atoms with van der Waals surface area (Å²) in [6.45, 7) is 6.41. The normalized spacial score (nSPS) is 10.8. The van der Waals surface area contributed by atoms with Crippen LogP contribution in [-0.4, -0.2) is 31.8 Å². The summed E-state index contributed by atoms with van der Waals surface area (Å²) < 4.78 is 18.4. The maximum atomic E-state index is 13.3. The molecule has 106 valence electrons. The molecule has 2 N–H and O–H groups in total. The molecule has 1 aromatic rings. The fraction of sp³-hybridized carbons (Fsp3) is 0.500. The number of hydrogen-bond acceptors (Lipinski definition) is 3. The number of anilines is 1. The van der Waals surface area contributed by atoms with Crippen molar-refractivity contribution in [3.05, 3.63) is 29.6 Å². The van der Waals surface area contributed by atoms with Crippen LogP contribution in [-0.2, 0) is 4.74 Å². The predicted octanol–water partition coefficient (Wildman–Crippen LogP) is 2.57. The van der Waals surface area contributed by atoms with Gasteiger partial charge in [-0.25, -0.2) is 4.39 Å². The second kappa shape index (κ2) is 7.40. The molecule has 0 unspecified atom stereocenters. The van der Waals surface area contributed by atoms with E-state index >= 15 is 0 Å². The first kappa shape index (κ1) is 15.9. The first-order valence-corrected chi connectivity index (χ1v) is 6.69. The number of thiocarbonyl (C=S) groups is 1. The fourth-order valence-electron chi connectivity index (χ4n) is 1.93. The van der Waals surface area contributed by atoms with Crippen LogP contribution in [0.2, 0.25) is 0 Å². The number of benzene rings is 1. The molecule has 1 rings (SSSR count). The quantitative estimate of drug-likeness (QED) is 0.781. The molecule has 1 aromatic carbocycles. The van der Waals surface area contributed by atoms with Crippen LogP contribution in [0.4, 0.5) is 10.1 Å². The molecule has 0 aliphatic rings. The molecule has 3 nitrogen and oxygen atoms in total. The molecular weight excluding hydrogens is 263 g/mol. The fourth-order valence-corrected chi connectivity index (χ4v) is 2.10. The standard InChI is InChI=1S/C14H21FN2OS/c1-10(2)9-17(6-7-18-3)13-5-4-11(15)8-12(13)14(16)19/h4-5,8,10H,6-7,9H2,1-3H3,(H2,16,19). The van der Waals surface area contributed by atoms with Crippen LogP contribution in [0.25, 0.3) is 0 Å².